The third-order valence-corrected chi connectivity index (χ3v) is 4.25. The highest BCUT2D eigenvalue weighted by atomic mass is 15.2. The molecule has 0 radical (unpaired) electrons. The Labute approximate surface area is 142 Å². The van der Waals surface area contributed by atoms with Crippen LogP contribution in [0.4, 0.5) is 5.69 Å². The summed E-state index contributed by atoms with van der Waals surface area (Å²) < 4.78 is 0. The molecule has 0 fully saturated rings. The fourth-order valence-corrected chi connectivity index (χ4v) is 3.74. The van der Waals surface area contributed by atoms with Gasteiger partial charge < -0.3 is 4.90 Å². The van der Waals surface area contributed by atoms with Crippen LogP contribution >= 0.6 is 0 Å². The monoisotopic (exact) mass is 311 g/mol. The molecule has 1 heteroatoms. The van der Waals surface area contributed by atoms with E-state index in [0.29, 0.717) is 0 Å². The van der Waals surface area contributed by atoms with Crippen LogP contribution in [0.3, 0.4) is 0 Å². The molecule has 0 atom stereocenters. The topological polar surface area (TPSA) is 3.24 Å². The van der Waals surface area contributed by atoms with Crippen LogP contribution in [0, 0.1) is 0 Å². The van der Waals surface area contributed by atoms with Crippen LogP contribution in [-0.4, -0.2) is 11.1 Å². The van der Waals surface area contributed by atoms with Crippen LogP contribution in [0.5, 0.6) is 0 Å². The summed E-state index contributed by atoms with van der Waals surface area (Å²) >= 11 is 0. The molecule has 0 heterocycles. The molecule has 1 nitrogen and oxygen atoms in total. The summed E-state index contributed by atoms with van der Waals surface area (Å²) in [7, 11) is 0. The van der Waals surface area contributed by atoms with Crippen LogP contribution in [0.25, 0.3) is 10.8 Å². The van der Waals surface area contributed by atoms with Gasteiger partial charge in [0.1, 0.15) is 0 Å². The van der Waals surface area contributed by atoms with E-state index in [0.717, 1.165) is 0 Å². The molecule has 0 N–H and O–H groups in total. The predicted molar refractivity (Wildman–Crippen MR) is 105 cm³/mol. The molecule has 0 saturated heterocycles. The minimum absolute atomic E-state index is 0.0563. The number of hydrogen-bond acceptors (Lipinski definition) is 1. The second kappa shape index (κ2) is 5.54. The standard InChI is InChI=1S/C22H33N/c1-20(2,3)18-14-16-12-10-11-13-17(16)15-19(18)23(21(4,5)6)22(7,8)9/h10-15H,1-9H3. The van der Waals surface area contributed by atoms with Crippen molar-refractivity contribution in [2.24, 2.45) is 0 Å². The van der Waals surface area contributed by atoms with Gasteiger partial charge in [0.05, 0.1) is 0 Å². The van der Waals surface area contributed by atoms with E-state index in [1.807, 2.05) is 0 Å². The van der Waals surface area contributed by atoms with Gasteiger partial charge in [-0.15, -0.1) is 0 Å². The number of anilines is 1. The zero-order valence-electron chi connectivity index (χ0n) is 16.4. The fourth-order valence-electron chi connectivity index (χ4n) is 3.74. The van der Waals surface area contributed by atoms with E-state index in [1.54, 1.807) is 0 Å². The highest BCUT2D eigenvalue weighted by Gasteiger charge is 2.35. The molecule has 0 aromatic heterocycles. The van der Waals surface area contributed by atoms with Crippen molar-refractivity contribution in [3.63, 3.8) is 0 Å². The smallest absolute Gasteiger partial charge is 0.0419 e. The number of hydrogen-bond donors (Lipinski definition) is 0. The van der Waals surface area contributed by atoms with Crippen molar-refractivity contribution < 1.29 is 0 Å². The van der Waals surface area contributed by atoms with Crippen molar-refractivity contribution >= 4 is 16.5 Å². The first-order valence-electron chi connectivity index (χ1n) is 8.65. The van der Waals surface area contributed by atoms with Gasteiger partial charge in [0.25, 0.3) is 0 Å². The average molecular weight is 312 g/mol. The maximum atomic E-state index is 2.58. The minimum atomic E-state index is 0.0563. The zero-order valence-corrected chi connectivity index (χ0v) is 16.4. The molecule has 2 aromatic carbocycles. The Morgan fingerprint density at radius 1 is 0.652 bits per heavy atom. The summed E-state index contributed by atoms with van der Waals surface area (Å²) in [5.74, 6) is 0. The zero-order chi connectivity index (χ0) is 17.6. The Bertz CT molecular complexity index is 676. The average Bonchev–Trinajstić information content (AvgIpc) is 2.33. The molecule has 2 rings (SSSR count). The molecule has 0 aliphatic carbocycles. The minimum Gasteiger partial charge on any atom is -0.362 e. The number of nitrogens with zero attached hydrogens (tertiary/aromatic N) is 1. The van der Waals surface area contributed by atoms with Crippen molar-refractivity contribution in [1.82, 2.24) is 0 Å². The van der Waals surface area contributed by atoms with E-state index in [9.17, 15) is 0 Å². The molecular weight excluding hydrogens is 278 g/mol. The van der Waals surface area contributed by atoms with Crippen molar-refractivity contribution in [2.45, 2.75) is 78.8 Å². The summed E-state index contributed by atoms with van der Waals surface area (Å²) in [4.78, 5) is 2.58. The van der Waals surface area contributed by atoms with Gasteiger partial charge in [-0.05, 0) is 75.4 Å². The quantitative estimate of drug-likeness (QED) is 0.578. The summed E-state index contributed by atoms with van der Waals surface area (Å²) in [6.07, 6.45) is 0. The van der Waals surface area contributed by atoms with E-state index in [2.05, 4.69) is 104 Å². The van der Waals surface area contributed by atoms with Crippen molar-refractivity contribution in [2.75, 3.05) is 4.90 Å². The lowest BCUT2D eigenvalue weighted by molar-refractivity contribution is 0.377. The summed E-state index contributed by atoms with van der Waals surface area (Å²) in [6, 6.07) is 13.4. The second-order valence-corrected chi connectivity index (χ2v) is 9.64. The summed E-state index contributed by atoms with van der Waals surface area (Å²) in [6.45, 7) is 20.8. The van der Waals surface area contributed by atoms with Gasteiger partial charge in [0.15, 0.2) is 0 Å². The third-order valence-electron chi connectivity index (χ3n) is 4.25. The van der Waals surface area contributed by atoms with E-state index >= 15 is 0 Å². The van der Waals surface area contributed by atoms with Crippen LogP contribution < -0.4 is 4.90 Å². The SMILES string of the molecule is CC(C)(C)c1cc2ccccc2cc1N(C(C)(C)C)C(C)(C)C. The Balaban J connectivity index is 2.84. The normalized spacial score (nSPS) is 13.4. The molecule has 23 heavy (non-hydrogen) atoms. The molecule has 0 saturated carbocycles. The molecule has 126 valence electrons. The Hall–Kier alpha value is -1.50. The number of rotatable bonds is 1. The molecule has 0 amide bonds. The van der Waals surface area contributed by atoms with Gasteiger partial charge in [-0.25, -0.2) is 0 Å². The highest BCUT2D eigenvalue weighted by Crippen LogP contribution is 2.41. The molecular formula is C22H33N. The van der Waals surface area contributed by atoms with E-state index in [-0.39, 0.29) is 16.5 Å². The van der Waals surface area contributed by atoms with Crippen LogP contribution in [0.2, 0.25) is 0 Å². The fraction of sp³-hybridized carbons (Fsp3) is 0.545. The summed E-state index contributed by atoms with van der Waals surface area (Å²) in [5.41, 5.74) is 2.99. The molecule has 2 aromatic rings. The van der Waals surface area contributed by atoms with E-state index in [4.69, 9.17) is 0 Å². The number of fused-ring (bicyclic) bond motifs is 1. The maximum absolute atomic E-state index is 2.58. The van der Waals surface area contributed by atoms with Crippen molar-refractivity contribution in [1.29, 1.82) is 0 Å². The molecule has 0 spiro atoms. The first-order chi connectivity index (χ1) is 10.3. The summed E-state index contributed by atoms with van der Waals surface area (Å²) in [5, 5.41) is 2.64. The third kappa shape index (κ3) is 3.71. The lowest BCUT2D eigenvalue weighted by Gasteiger charge is -2.49. The Morgan fingerprint density at radius 3 is 1.48 bits per heavy atom. The first-order valence-corrected chi connectivity index (χ1v) is 8.65. The van der Waals surface area contributed by atoms with Crippen LogP contribution in [0.1, 0.15) is 67.9 Å². The van der Waals surface area contributed by atoms with E-state index in [1.165, 1.54) is 22.0 Å². The number of benzene rings is 2. The van der Waals surface area contributed by atoms with Crippen LogP contribution in [-0.2, 0) is 5.41 Å². The lowest BCUT2D eigenvalue weighted by Crippen LogP contribution is -2.53. The maximum Gasteiger partial charge on any atom is 0.0419 e. The molecule has 0 aliphatic heterocycles. The molecule has 0 unspecified atom stereocenters. The molecule has 0 aliphatic rings. The largest absolute Gasteiger partial charge is 0.362 e. The van der Waals surface area contributed by atoms with E-state index < -0.39 is 0 Å². The first kappa shape index (κ1) is 17.8. The van der Waals surface area contributed by atoms with Gasteiger partial charge in [-0.2, -0.15) is 0 Å². The van der Waals surface area contributed by atoms with Gasteiger partial charge in [0, 0.05) is 16.8 Å². The van der Waals surface area contributed by atoms with Crippen molar-refractivity contribution in [3.8, 4) is 0 Å². The molecule has 0 bridgehead atoms. The van der Waals surface area contributed by atoms with Gasteiger partial charge in [-0.3, -0.25) is 0 Å². The second-order valence-electron chi connectivity index (χ2n) is 9.64. The van der Waals surface area contributed by atoms with Gasteiger partial charge in [0.2, 0.25) is 0 Å². The lowest BCUT2D eigenvalue weighted by atomic mass is 9.82. The Morgan fingerprint density at radius 2 is 1.09 bits per heavy atom. The van der Waals surface area contributed by atoms with Gasteiger partial charge in [-0.1, -0.05) is 45.0 Å². The Kier molecular flexibility index (Phi) is 4.30. The van der Waals surface area contributed by atoms with Crippen LogP contribution in [0.15, 0.2) is 36.4 Å². The van der Waals surface area contributed by atoms with Crippen molar-refractivity contribution in [3.05, 3.63) is 42.0 Å². The van der Waals surface area contributed by atoms with Gasteiger partial charge >= 0.3 is 0 Å². The highest BCUT2D eigenvalue weighted by molar-refractivity contribution is 5.88. The predicted octanol–water partition coefficient (Wildman–Crippen LogP) is 6.54.